The molecule has 0 bridgehead atoms. The highest BCUT2D eigenvalue weighted by atomic mass is 16.5. The van der Waals surface area contributed by atoms with Crippen LogP contribution in [0.4, 0.5) is 0 Å². The number of benzene rings is 1. The number of hydrogen-bond acceptors (Lipinski definition) is 3. The number of amides is 1. The molecule has 0 aromatic heterocycles. The van der Waals surface area contributed by atoms with Crippen LogP contribution in [-0.2, 0) is 11.2 Å². The van der Waals surface area contributed by atoms with Crippen LogP contribution in [0.5, 0.6) is 5.75 Å². The molecule has 1 aliphatic rings. The van der Waals surface area contributed by atoms with Crippen LogP contribution in [0.25, 0.3) is 0 Å². The number of hydrogen-bond donors (Lipinski definition) is 2. The summed E-state index contributed by atoms with van der Waals surface area (Å²) >= 11 is 0. The van der Waals surface area contributed by atoms with Crippen molar-refractivity contribution in [2.75, 3.05) is 13.7 Å². The van der Waals surface area contributed by atoms with E-state index in [0.717, 1.165) is 37.0 Å². The van der Waals surface area contributed by atoms with E-state index in [1.54, 1.807) is 14.0 Å². The van der Waals surface area contributed by atoms with Crippen molar-refractivity contribution in [3.8, 4) is 5.75 Å². The average molecular weight is 291 g/mol. The summed E-state index contributed by atoms with van der Waals surface area (Å²) in [6.45, 7) is 2.04. The minimum atomic E-state index is -0.942. The van der Waals surface area contributed by atoms with Crippen molar-refractivity contribution in [3.63, 3.8) is 0 Å². The van der Waals surface area contributed by atoms with Crippen LogP contribution in [0, 0.1) is 5.92 Å². The first kappa shape index (κ1) is 15.8. The lowest BCUT2D eigenvalue weighted by Crippen LogP contribution is -2.43. The van der Waals surface area contributed by atoms with Crippen LogP contribution in [0.2, 0.25) is 0 Å². The van der Waals surface area contributed by atoms with Crippen LogP contribution in [0.15, 0.2) is 24.3 Å². The smallest absolute Gasteiger partial charge is 0.223 e. The second-order valence-corrected chi connectivity index (χ2v) is 6.22. The van der Waals surface area contributed by atoms with Crippen LogP contribution in [0.3, 0.4) is 0 Å². The van der Waals surface area contributed by atoms with E-state index < -0.39 is 5.60 Å². The van der Waals surface area contributed by atoms with Crippen LogP contribution >= 0.6 is 0 Å². The summed E-state index contributed by atoms with van der Waals surface area (Å²) in [6.07, 6.45) is 4.74. The summed E-state index contributed by atoms with van der Waals surface area (Å²) in [5.41, 5.74) is 0.0824. The lowest BCUT2D eigenvalue weighted by Gasteiger charge is -2.24. The Bertz CT molecular complexity index is 461. The zero-order chi connectivity index (χ0) is 15.3. The van der Waals surface area contributed by atoms with E-state index in [2.05, 4.69) is 5.32 Å². The Balaban J connectivity index is 1.83. The van der Waals surface area contributed by atoms with E-state index in [-0.39, 0.29) is 18.4 Å². The van der Waals surface area contributed by atoms with Gasteiger partial charge >= 0.3 is 0 Å². The molecule has 1 aliphatic carbocycles. The minimum Gasteiger partial charge on any atom is -0.497 e. The van der Waals surface area contributed by atoms with Crippen LogP contribution in [-0.4, -0.2) is 30.3 Å². The fraction of sp³-hybridized carbons (Fsp3) is 0.588. The predicted octanol–water partition coefficient (Wildman–Crippen LogP) is 2.30. The Morgan fingerprint density at radius 3 is 2.52 bits per heavy atom. The van der Waals surface area contributed by atoms with Crippen molar-refractivity contribution in [3.05, 3.63) is 29.8 Å². The van der Waals surface area contributed by atoms with E-state index in [1.165, 1.54) is 0 Å². The Morgan fingerprint density at radius 2 is 1.95 bits per heavy atom. The van der Waals surface area contributed by atoms with Gasteiger partial charge in [-0.3, -0.25) is 4.79 Å². The first-order valence-corrected chi connectivity index (χ1v) is 7.63. The lowest BCUT2D eigenvalue weighted by atomic mass is 9.96. The topological polar surface area (TPSA) is 58.6 Å². The molecule has 1 unspecified atom stereocenters. The molecule has 4 heteroatoms. The van der Waals surface area contributed by atoms with Gasteiger partial charge in [-0.1, -0.05) is 25.0 Å². The summed E-state index contributed by atoms with van der Waals surface area (Å²) in [6, 6.07) is 7.63. The van der Waals surface area contributed by atoms with E-state index in [9.17, 15) is 9.90 Å². The van der Waals surface area contributed by atoms with Gasteiger partial charge in [0.25, 0.3) is 0 Å². The first-order chi connectivity index (χ1) is 10.00. The van der Waals surface area contributed by atoms with Crippen molar-refractivity contribution in [1.82, 2.24) is 5.32 Å². The zero-order valence-corrected chi connectivity index (χ0v) is 12.9. The Morgan fingerprint density at radius 1 is 1.33 bits per heavy atom. The molecule has 0 heterocycles. The summed E-state index contributed by atoms with van der Waals surface area (Å²) in [4.78, 5) is 12.0. The highest BCUT2D eigenvalue weighted by Gasteiger charge is 2.26. The molecule has 116 valence electrons. The fourth-order valence-corrected chi connectivity index (χ4v) is 2.86. The van der Waals surface area contributed by atoms with Gasteiger partial charge < -0.3 is 15.2 Å². The van der Waals surface area contributed by atoms with Gasteiger partial charge in [0, 0.05) is 18.9 Å². The van der Waals surface area contributed by atoms with Crippen LogP contribution < -0.4 is 10.1 Å². The third-order valence-electron chi connectivity index (χ3n) is 4.11. The number of nitrogens with one attached hydrogen (secondary N) is 1. The van der Waals surface area contributed by atoms with Gasteiger partial charge in [-0.15, -0.1) is 0 Å². The van der Waals surface area contributed by atoms with E-state index in [4.69, 9.17) is 4.74 Å². The third-order valence-corrected chi connectivity index (χ3v) is 4.11. The van der Waals surface area contributed by atoms with Crippen molar-refractivity contribution < 1.29 is 14.6 Å². The summed E-state index contributed by atoms with van der Waals surface area (Å²) in [5, 5.41) is 13.3. The molecule has 2 N–H and O–H groups in total. The SMILES string of the molecule is COc1ccc(CC(C)(O)CNC(=O)C2CCCC2)cc1. The van der Waals surface area contributed by atoms with Crippen molar-refractivity contribution in [2.24, 2.45) is 5.92 Å². The second kappa shape index (κ2) is 6.94. The molecular weight excluding hydrogens is 266 g/mol. The normalized spacial score (nSPS) is 18.2. The van der Waals surface area contributed by atoms with E-state index >= 15 is 0 Å². The standard InChI is InChI=1S/C17H25NO3/c1-17(20,11-13-7-9-15(21-2)10-8-13)12-18-16(19)14-5-3-4-6-14/h7-10,14,20H,3-6,11-12H2,1-2H3,(H,18,19). The molecule has 0 spiro atoms. The fourth-order valence-electron chi connectivity index (χ4n) is 2.86. The van der Waals surface area contributed by atoms with Gasteiger partial charge in [-0.05, 0) is 37.5 Å². The number of rotatable bonds is 6. The molecule has 4 nitrogen and oxygen atoms in total. The highest BCUT2D eigenvalue weighted by molar-refractivity contribution is 5.78. The maximum absolute atomic E-state index is 12.0. The predicted molar refractivity (Wildman–Crippen MR) is 82.3 cm³/mol. The average Bonchev–Trinajstić information content (AvgIpc) is 2.99. The first-order valence-electron chi connectivity index (χ1n) is 7.63. The van der Waals surface area contributed by atoms with Gasteiger partial charge in [0.2, 0.25) is 5.91 Å². The van der Waals surface area contributed by atoms with E-state index in [1.807, 2.05) is 24.3 Å². The van der Waals surface area contributed by atoms with Gasteiger partial charge in [0.05, 0.1) is 12.7 Å². The molecule has 2 rings (SSSR count). The van der Waals surface area contributed by atoms with Crippen LogP contribution in [0.1, 0.15) is 38.2 Å². The molecular formula is C17H25NO3. The summed E-state index contributed by atoms with van der Waals surface area (Å²) in [5.74, 6) is 1.03. The maximum Gasteiger partial charge on any atom is 0.223 e. The number of methoxy groups -OCH3 is 1. The summed E-state index contributed by atoms with van der Waals surface area (Å²) < 4.78 is 5.12. The van der Waals surface area contributed by atoms with Gasteiger partial charge in [0.1, 0.15) is 5.75 Å². The van der Waals surface area contributed by atoms with Gasteiger partial charge in [0.15, 0.2) is 0 Å². The third kappa shape index (κ3) is 4.74. The number of ether oxygens (including phenoxy) is 1. The Kier molecular flexibility index (Phi) is 5.23. The molecule has 1 atom stereocenters. The van der Waals surface area contributed by atoms with Crippen molar-refractivity contribution in [1.29, 1.82) is 0 Å². The maximum atomic E-state index is 12.0. The van der Waals surface area contributed by atoms with Gasteiger partial charge in [-0.25, -0.2) is 0 Å². The minimum absolute atomic E-state index is 0.0857. The van der Waals surface area contributed by atoms with E-state index in [0.29, 0.717) is 6.42 Å². The molecule has 1 fully saturated rings. The number of carbonyl (C=O) groups excluding carboxylic acids is 1. The molecule has 0 radical (unpaired) electrons. The van der Waals surface area contributed by atoms with Gasteiger partial charge in [-0.2, -0.15) is 0 Å². The molecule has 1 aromatic carbocycles. The monoisotopic (exact) mass is 291 g/mol. The largest absolute Gasteiger partial charge is 0.497 e. The molecule has 1 amide bonds. The molecule has 21 heavy (non-hydrogen) atoms. The van der Waals surface area contributed by atoms with Crippen molar-refractivity contribution in [2.45, 2.75) is 44.6 Å². The Hall–Kier alpha value is -1.55. The molecule has 0 saturated heterocycles. The number of aliphatic hydroxyl groups is 1. The summed E-state index contributed by atoms with van der Waals surface area (Å²) in [7, 11) is 1.63. The molecule has 0 aliphatic heterocycles. The molecule has 1 saturated carbocycles. The quantitative estimate of drug-likeness (QED) is 0.845. The van der Waals surface area contributed by atoms with Crippen molar-refractivity contribution >= 4 is 5.91 Å². The molecule has 1 aromatic rings. The second-order valence-electron chi connectivity index (χ2n) is 6.22. The Labute approximate surface area is 126 Å². The number of carbonyl (C=O) groups is 1. The zero-order valence-electron chi connectivity index (χ0n) is 12.9. The lowest BCUT2D eigenvalue weighted by molar-refractivity contribution is -0.125. The highest BCUT2D eigenvalue weighted by Crippen LogP contribution is 2.25.